The van der Waals surface area contributed by atoms with Gasteiger partial charge in [0.1, 0.15) is 0 Å². The topological polar surface area (TPSA) is 69.6 Å². The minimum Gasteiger partial charge on any atom is -0.392 e. The molecule has 0 aliphatic carbocycles. The van der Waals surface area contributed by atoms with Crippen molar-refractivity contribution in [2.24, 2.45) is 0 Å². The average molecular weight is 312 g/mol. The number of aliphatic hydroxyl groups is 1. The maximum Gasteiger partial charge on any atom is 0.243 e. The van der Waals surface area contributed by atoms with Crippen LogP contribution in [-0.2, 0) is 10.0 Å². The van der Waals surface area contributed by atoms with E-state index in [2.05, 4.69) is 12.2 Å². The number of β-amino-alcohol motifs (C(OH)–C–C–N with tert-alkyl or cyclic N) is 1. The molecule has 6 heteroatoms. The molecule has 2 rings (SSSR count). The first-order valence-electron chi connectivity index (χ1n) is 7.50. The highest BCUT2D eigenvalue weighted by molar-refractivity contribution is 7.89. The van der Waals surface area contributed by atoms with E-state index in [1.807, 2.05) is 13.0 Å². The fraction of sp³-hybridized carbons (Fsp3) is 0.600. The third-order valence-electron chi connectivity index (χ3n) is 3.88. The number of benzene rings is 1. The lowest BCUT2D eigenvalue weighted by Crippen LogP contribution is -2.30. The SMILES string of the molecule is CCNC(CC)c1cccc(S(=O)(=O)N2CCC(O)C2)c1. The van der Waals surface area contributed by atoms with Crippen LogP contribution in [0.3, 0.4) is 0 Å². The van der Waals surface area contributed by atoms with E-state index in [-0.39, 0.29) is 12.6 Å². The van der Waals surface area contributed by atoms with Gasteiger partial charge in [0.05, 0.1) is 11.0 Å². The standard InChI is InChI=1S/C15H24N2O3S/c1-3-15(16-4-2)12-6-5-7-14(10-12)21(19,20)17-9-8-13(18)11-17/h5-7,10,13,15-16,18H,3-4,8-9,11H2,1-2H3. The van der Waals surface area contributed by atoms with E-state index in [9.17, 15) is 13.5 Å². The molecule has 0 aromatic heterocycles. The Bertz CT molecular complexity index is 574. The van der Waals surface area contributed by atoms with Crippen LogP contribution in [0.15, 0.2) is 29.2 Å². The maximum absolute atomic E-state index is 12.6. The predicted molar refractivity (Wildman–Crippen MR) is 82.5 cm³/mol. The fourth-order valence-corrected chi connectivity index (χ4v) is 4.26. The molecule has 0 bridgehead atoms. The van der Waals surface area contributed by atoms with Gasteiger partial charge in [-0.15, -0.1) is 0 Å². The Morgan fingerprint density at radius 3 is 2.76 bits per heavy atom. The number of hydrogen-bond acceptors (Lipinski definition) is 4. The smallest absolute Gasteiger partial charge is 0.243 e. The lowest BCUT2D eigenvalue weighted by atomic mass is 10.0. The maximum atomic E-state index is 12.6. The molecule has 1 heterocycles. The van der Waals surface area contributed by atoms with Crippen molar-refractivity contribution >= 4 is 10.0 Å². The molecule has 1 saturated heterocycles. The van der Waals surface area contributed by atoms with Crippen molar-refractivity contribution in [3.8, 4) is 0 Å². The third kappa shape index (κ3) is 3.63. The van der Waals surface area contributed by atoms with Gasteiger partial charge in [-0.05, 0) is 37.1 Å². The van der Waals surface area contributed by atoms with Gasteiger partial charge >= 0.3 is 0 Å². The van der Waals surface area contributed by atoms with Crippen molar-refractivity contribution in [1.29, 1.82) is 0 Å². The van der Waals surface area contributed by atoms with Gasteiger partial charge in [0.15, 0.2) is 0 Å². The average Bonchev–Trinajstić information content (AvgIpc) is 2.92. The molecule has 2 N–H and O–H groups in total. The molecule has 21 heavy (non-hydrogen) atoms. The Balaban J connectivity index is 2.28. The molecule has 0 saturated carbocycles. The molecule has 0 spiro atoms. The van der Waals surface area contributed by atoms with E-state index >= 15 is 0 Å². The van der Waals surface area contributed by atoms with Crippen LogP contribution in [0, 0.1) is 0 Å². The van der Waals surface area contributed by atoms with Crippen molar-refractivity contribution in [3.63, 3.8) is 0 Å². The summed E-state index contributed by atoms with van der Waals surface area (Å²) in [5, 5.41) is 12.9. The zero-order valence-corrected chi connectivity index (χ0v) is 13.4. The van der Waals surface area contributed by atoms with Crippen LogP contribution >= 0.6 is 0 Å². The van der Waals surface area contributed by atoms with E-state index in [0.29, 0.717) is 17.9 Å². The van der Waals surface area contributed by atoms with Crippen molar-refractivity contribution in [2.75, 3.05) is 19.6 Å². The van der Waals surface area contributed by atoms with Gasteiger partial charge in [-0.1, -0.05) is 26.0 Å². The second kappa shape index (κ2) is 6.87. The molecule has 2 atom stereocenters. The Kier molecular flexibility index (Phi) is 5.37. The molecular weight excluding hydrogens is 288 g/mol. The van der Waals surface area contributed by atoms with Gasteiger partial charge in [-0.2, -0.15) is 4.31 Å². The molecule has 1 fully saturated rings. The number of sulfonamides is 1. The summed E-state index contributed by atoms with van der Waals surface area (Å²) in [5.74, 6) is 0. The molecular formula is C15H24N2O3S. The van der Waals surface area contributed by atoms with Crippen molar-refractivity contribution < 1.29 is 13.5 Å². The molecule has 1 aromatic carbocycles. The normalized spacial score (nSPS) is 21.6. The van der Waals surface area contributed by atoms with Crippen LogP contribution in [0.2, 0.25) is 0 Å². The summed E-state index contributed by atoms with van der Waals surface area (Å²) in [6.45, 7) is 5.53. The zero-order valence-electron chi connectivity index (χ0n) is 12.6. The van der Waals surface area contributed by atoms with Gasteiger partial charge in [0.2, 0.25) is 10.0 Å². The molecule has 1 aliphatic heterocycles. The summed E-state index contributed by atoms with van der Waals surface area (Å²) in [6, 6.07) is 7.27. The quantitative estimate of drug-likeness (QED) is 0.835. The largest absolute Gasteiger partial charge is 0.392 e. The highest BCUT2D eigenvalue weighted by Gasteiger charge is 2.31. The number of aliphatic hydroxyl groups excluding tert-OH is 1. The van der Waals surface area contributed by atoms with Crippen LogP contribution in [0.25, 0.3) is 0 Å². The van der Waals surface area contributed by atoms with Crippen LogP contribution in [0.5, 0.6) is 0 Å². The number of nitrogens with one attached hydrogen (secondary N) is 1. The monoisotopic (exact) mass is 312 g/mol. The second-order valence-electron chi connectivity index (χ2n) is 5.40. The summed E-state index contributed by atoms with van der Waals surface area (Å²) in [7, 11) is -3.51. The molecule has 118 valence electrons. The Hall–Kier alpha value is -0.950. The van der Waals surface area contributed by atoms with Crippen LogP contribution in [0.1, 0.15) is 38.3 Å². The number of hydrogen-bond donors (Lipinski definition) is 2. The third-order valence-corrected chi connectivity index (χ3v) is 5.74. The van der Waals surface area contributed by atoms with E-state index in [4.69, 9.17) is 0 Å². The van der Waals surface area contributed by atoms with E-state index < -0.39 is 16.1 Å². The van der Waals surface area contributed by atoms with Gasteiger partial charge in [-0.3, -0.25) is 0 Å². The number of nitrogens with zero attached hydrogens (tertiary/aromatic N) is 1. The van der Waals surface area contributed by atoms with Gasteiger partial charge < -0.3 is 10.4 Å². The van der Waals surface area contributed by atoms with E-state index in [1.165, 1.54) is 4.31 Å². The highest BCUT2D eigenvalue weighted by Crippen LogP contribution is 2.24. The molecule has 2 unspecified atom stereocenters. The zero-order chi connectivity index (χ0) is 15.5. The van der Waals surface area contributed by atoms with Crippen LogP contribution in [-0.4, -0.2) is 43.6 Å². The molecule has 5 nitrogen and oxygen atoms in total. The van der Waals surface area contributed by atoms with Crippen molar-refractivity contribution in [1.82, 2.24) is 9.62 Å². The summed E-state index contributed by atoms with van der Waals surface area (Å²) >= 11 is 0. The molecule has 1 aromatic rings. The summed E-state index contributed by atoms with van der Waals surface area (Å²) in [5.41, 5.74) is 0.986. The first-order chi connectivity index (χ1) is 9.98. The van der Waals surface area contributed by atoms with Gasteiger partial charge in [-0.25, -0.2) is 8.42 Å². The lowest BCUT2D eigenvalue weighted by Gasteiger charge is -2.19. The minimum absolute atomic E-state index is 0.161. The predicted octanol–water partition coefficient (Wildman–Crippen LogP) is 1.50. The lowest BCUT2D eigenvalue weighted by molar-refractivity contribution is 0.189. The second-order valence-corrected chi connectivity index (χ2v) is 7.33. The van der Waals surface area contributed by atoms with Gasteiger partial charge in [0, 0.05) is 19.1 Å². The summed E-state index contributed by atoms with van der Waals surface area (Å²) in [4.78, 5) is 0.311. The Morgan fingerprint density at radius 1 is 1.43 bits per heavy atom. The molecule has 0 radical (unpaired) electrons. The molecule has 1 aliphatic rings. The van der Waals surface area contributed by atoms with Crippen LogP contribution in [0.4, 0.5) is 0 Å². The van der Waals surface area contributed by atoms with Gasteiger partial charge in [0.25, 0.3) is 0 Å². The Morgan fingerprint density at radius 2 is 2.19 bits per heavy atom. The van der Waals surface area contributed by atoms with E-state index in [1.54, 1.807) is 18.2 Å². The number of rotatable bonds is 6. The fourth-order valence-electron chi connectivity index (χ4n) is 2.71. The first kappa shape index (κ1) is 16.4. The minimum atomic E-state index is -3.51. The summed E-state index contributed by atoms with van der Waals surface area (Å²) in [6.07, 6.45) is 0.862. The highest BCUT2D eigenvalue weighted by atomic mass is 32.2. The summed E-state index contributed by atoms with van der Waals surface area (Å²) < 4.78 is 26.6. The van der Waals surface area contributed by atoms with Crippen molar-refractivity contribution in [3.05, 3.63) is 29.8 Å². The van der Waals surface area contributed by atoms with E-state index in [0.717, 1.165) is 18.5 Å². The Labute approximate surface area is 127 Å². The molecule has 0 amide bonds. The first-order valence-corrected chi connectivity index (χ1v) is 8.94. The van der Waals surface area contributed by atoms with Crippen LogP contribution < -0.4 is 5.32 Å². The van der Waals surface area contributed by atoms with Crippen molar-refractivity contribution in [2.45, 2.75) is 43.7 Å².